The quantitative estimate of drug-likeness (QED) is 0.570. The number of carbonyl (C=O) groups is 2. The molecule has 0 bridgehead atoms. The summed E-state index contributed by atoms with van der Waals surface area (Å²) < 4.78 is 1.82. The molecule has 0 radical (unpaired) electrons. The molecule has 2 aliphatic heterocycles. The second-order valence-electron chi connectivity index (χ2n) is 9.07. The number of amides is 2. The molecular formula is C26H28ClN5O2. The number of rotatable bonds is 4. The molecular weight excluding hydrogens is 450 g/mol. The zero-order valence-electron chi connectivity index (χ0n) is 19.4. The Kier molecular flexibility index (Phi) is 6.04. The zero-order chi connectivity index (χ0) is 23.8. The number of hydrogen-bond acceptors (Lipinski definition) is 4. The van der Waals surface area contributed by atoms with Gasteiger partial charge in [-0.05, 0) is 43.7 Å². The Morgan fingerprint density at radius 2 is 1.88 bits per heavy atom. The molecule has 8 heteroatoms. The molecule has 3 heterocycles. The van der Waals surface area contributed by atoms with Gasteiger partial charge in [-0.2, -0.15) is 5.10 Å². The fraction of sp³-hybridized carbons (Fsp3) is 0.346. The van der Waals surface area contributed by atoms with Crippen molar-refractivity contribution < 1.29 is 9.59 Å². The molecule has 1 saturated heterocycles. The lowest BCUT2D eigenvalue weighted by molar-refractivity contribution is -0.132. The van der Waals surface area contributed by atoms with E-state index in [0.717, 1.165) is 17.8 Å². The van der Waals surface area contributed by atoms with Crippen molar-refractivity contribution in [2.75, 3.05) is 36.0 Å². The van der Waals surface area contributed by atoms with Gasteiger partial charge >= 0.3 is 0 Å². The van der Waals surface area contributed by atoms with Gasteiger partial charge in [0.05, 0.1) is 12.2 Å². The van der Waals surface area contributed by atoms with Crippen LogP contribution in [-0.2, 0) is 16.1 Å². The van der Waals surface area contributed by atoms with Gasteiger partial charge in [0.1, 0.15) is 12.4 Å². The summed E-state index contributed by atoms with van der Waals surface area (Å²) in [6.45, 7) is 6.80. The lowest BCUT2D eigenvalue weighted by Crippen LogP contribution is -2.56. The van der Waals surface area contributed by atoms with Crippen molar-refractivity contribution in [1.82, 2.24) is 14.7 Å². The summed E-state index contributed by atoms with van der Waals surface area (Å²) in [5.41, 5.74) is 4.09. The van der Waals surface area contributed by atoms with E-state index in [0.29, 0.717) is 36.9 Å². The van der Waals surface area contributed by atoms with Crippen molar-refractivity contribution in [2.45, 2.75) is 32.9 Å². The van der Waals surface area contributed by atoms with Crippen LogP contribution in [0.1, 0.15) is 18.9 Å². The van der Waals surface area contributed by atoms with Crippen LogP contribution in [0.15, 0.2) is 54.6 Å². The van der Waals surface area contributed by atoms with Crippen molar-refractivity contribution >= 4 is 34.9 Å². The lowest BCUT2D eigenvalue weighted by Gasteiger charge is -2.42. The summed E-state index contributed by atoms with van der Waals surface area (Å²) in [6.07, 6.45) is 0.333. The summed E-state index contributed by atoms with van der Waals surface area (Å²) in [4.78, 5) is 31.8. The average Bonchev–Trinajstić information content (AvgIpc) is 3.26. The van der Waals surface area contributed by atoms with Gasteiger partial charge in [-0.3, -0.25) is 14.5 Å². The van der Waals surface area contributed by atoms with Crippen LogP contribution in [0.25, 0.3) is 11.3 Å². The summed E-state index contributed by atoms with van der Waals surface area (Å²) in [6, 6.07) is 18.0. The normalized spacial score (nSPS) is 18.3. The monoisotopic (exact) mass is 477 g/mol. The van der Waals surface area contributed by atoms with E-state index < -0.39 is 0 Å². The smallest absolute Gasteiger partial charge is 0.242 e. The number of fused-ring (bicyclic) bond motifs is 1. The molecule has 5 rings (SSSR count). The highest BCUT2D eigenvalue weighted by Gasteiger charge is 2.32. The Morgan fingerprint density at radius 1 is 1.09 bits per heavy atom. The first-order chi connectivity index (χ1) is 16.4. The van der Waals surface area contributed by atoms with Crippen LogP contribution in [0.3, 0.4) is 0 Å². The maximum absolute atomic E-state index is 13.2. The molecule has 1 atom stereocenters. The van der Waals surface area contributed by atoms with E-state index in [1.54, 1.807) is 4.90 Å². The molecule has 1 fully saturated rings. The third-order valence-corrected chi connectivity index (χ3v) is 6.87. The summed E-state index contributed by atoms with van der Waals surface area (Å²) in [7, 11) is 0. The van der Waals surface area contributed by atoms with E-state index in [9.17, 15) is 9.59 Å². The molecule has 2 amide bonds. The Hall–Kier alpha value is -3.32. The predicted octanol–water partition coefficient (Wildman–Crippen LogP) is 3.99. The highest BCUT2D eigenvalue weighted by atomic mass is 35.5. The number of hydrogen-bond donors (Lipinski definition) is 0. The molecule has 0 spiro atoms. The number of halogens is 1. The van der Waals surface area contributed by atoms with E-state index in [1.165, 1.54) is 11.3 Å². The standard InChI is InChI=1S/C26H28ClN5O2/c1-18-4-3-5-22(14-18)30-13-12-29(16-19(30)2)26(34)17-31-24-15-23(20-6-8-21(27)9-7-20)28-32(24)11-10-25(31)33/h3-9,14-15,19H,10-13,16-17H2,1-2H3. The number of anilines is 2. The largest absolute Gasteiger partial charge is 0.365 e. The number of carbonyl (C=O) groups excluding carboxylic acids is 2. The Morgan fingerprint density at radius 3 is 2.62 bits per heavy atom. The molecule has 176 valence electrons. The van der Waals surface area contributed by atoms with E-state index in [1.807, 2.05) is 39.9 Å². The minimum atomic E-state index is -0.0464. The van der Waals surface area contributed by atoms with Crippen LogP contribution in [-0.4, -0.2) is 58.7 Å². The van der Waals surface area contributed by atoms with E-state index in [-0.39, 0.29) is 24.4 Å². The van der Waals surface area contributed by atoms with Gasteiger partial charge in [0, 0.05) is 54.4 Å². The van der Waals surface area contributed by atoms with Crippen molar-refractivity contribution in [2.24, 2.45) is 0 Å². The molecule has 2 aromatic carbocycles. The maximum Gasteiger partial charge on any atom is 0.242 e. The number of piperazine rings is 1. The summed E-state index contributed by atoms with van der Waals surface area (Å²) >= 11 is 6.01. The van der Waals surface area contributed by atoms with Crippen molar-refractivity contribution in [3.8, 4) is 11.3 Å². The molecule has 1 aromatic heterocycles. The Bertz CT molecular complexity index is 1220. The van der Waals surface area contributed by atoms with E-state index in [2.05, 4.69) is 48.1 Å². The van der Waals surface area contributed by atoms with Gasteiger partial charge in [-0.15, -0.1) is 0 Å². The van der Waals surface area contributed by atoms with E-state index in [4.69, 9.17) is 11.6 Å². The zero-order valence-corrected chi connectivity index (χ0v) is 20.2. The van der Waals surface area contributed by atoms with Crippen molar-refractivity contribution in [3.63, 3.8) is 0 Å². The Labute approximate surface area is 204 Å². The highest BCUT2D eigenvalue weighted by molar-refractivity contribution is 6.30. The maximum atomic E-state index is 13.2. The fourth-order valence-corrected chi connectivity index (χ4v) is 4.92. The summed E-state index contributed by atoms with van der Waals surface area (Å²) in [5, 5.41) is 5.33. The van der Waals surface area contributed by atoms with Crippen molar-refractivity contribution in [3.05, 3.63) is 65.2 Å². The highest BCUT2D eigenvalue weighted by Crippen LogP contribution is 2.29. The van der Waals surface area contributed by atoms with Crippen LogP contribution < -0.4 is 9.80 Å². The van der Waals surface area contributed by atoms with Crippen LogP contribution in [0.4, 0.5) is 11.5 Å². The van der Waals surface area contributed by atoms with Gasteiger partial charge in [-0.1, -0.05) is 35.9 Å². The number of nitrogens with zero attached hydrogens (tertiary/aromatic N) is 5. The third kappa shape index (κ3) is 4.40. The molecule has 3 aromatic rings. The second-order valence-corrected chi connectivity index (χ2v) is 9.51. The Balaban J connectivity index is 1.30. The van der Waals surface area contributed by atoms with Gasteiger partial charge in [0.2, 0.25) is 11.8 Å². The molecule has 1 unspecified atom stereocenters. The van der Waals surface area contributed by atoms with Crippen molar-refractivity contribution in [1.29, 1.82) is 0 Å². The SMILES string of the molecule is Cc1cccc(N2CCN(C(=O)CN3C(=O)CCn4nc(-c5ccc(Cl)cc5)cc43)CC2C)c1. The minimum Gasteiger partial charge on any atom is -0.365 e. The van der Waals surface area contributed by atoms with Crippen LogP contribution in [0, 0.1) is 6.92 Å². The number of benzene rings is 2. The second kappa shape index (κ2) is 9.14. The van der Waals surface area contributed by atoms with Gasteiger partial charge < -0.3 is 9.80 Å². The minimum absolute atomic E-state index is 0.0295. The average molecular weight is 478 g/mol. The van der Waals surface area contributed by atoms with Gasteiger partial charge in [0.25, 0.3) is 0 Å². The number of aryl methyl sites for hydroxylation is 2. The lowest BCUT2D eigenvalue weighted by atomic mass is 10.1. The van der Waals surface area contributed by atoms with Crippen LogP contribution in [0.5, 0.6) is 0 Å². The summed E-state index contributed by atoms with van der Waals surface area (Å²) in [5.74, 6) is 0.586. The molecule has 2 aliphatic rings. The first-order valence-electron chi connectivity index (χ1n) is 11.6. The van der Waals surface area contributed by atoms with Gasteiger partial charge in [0.15, 0.2) is 0 Å². The molecule has 7 nitrogen and oxygen atoms in total. The topological polar surface area (TPSA) is 61.7 Å². The fourth-order valence-electron chi connectivity index (χ4n) is 4.79. The molecule has 0 N–H and O–H groups in total. The number of aromatic nitrogens is 2. The third-order valence-electron chi connectivity index (χ3n) is 6.62. The van der Waals surface area contributed by atoms with Gasteiger partial charge in [-0.25, -0.2) is 4.68 Å². The molecule has 0 aliphatic carbocycles. The van der Waals surface area contributed by atoms with Crippen LogP contribution in [0.2, 0.25) is 5.02 Å². The molecule has 0 saturated carbocycles. The first kappa shape index (κ1) is 22.5. The predicted molar refractivity (Wildman–Crippen MR) is 134 cm³/mol. The van der Waals surface area contributed by atoms with Crippen LogP contribution >= 0.6 is 11.6 Å². The molecule has 34 heavy (non-hydrogen) atoms. The van der Waals surface area contributed by atoms with E-state index >= 15 is 0 Å². The first-order valence-corrected chi connectivity index (χ1v) is 12.0.